The molecule has 0 bridgehead atoms. The van der Waals surface area contributed by atoms with Gasteiger partial charge in [0.2, 0.25) is 18.9 Å². The Labute approximate surface area is 629 Å². The predicted octanol–water partition coefficient (Wildman–Crippen LogP) is -1.07. The first-order chi connectivity index (χ1) is 52.4. The fourth-order valence-electron chi connectivity index (χ4n) is 11.5. The summed E-state index contributed by atoms with van der Waals surface area (Å²) in [4.78, 5) is 23.9. The third kappa shape index (κ3) is 22.0. The first-order valence-electron chi connectivity index (χ1n) is 34.4. The van der Waals surface area contributed by atoms with Crippen molar-refractivity contribution in [2.45, 2.75) is 169 Å². The van der Waals surface area contributed by atoms with Crippen LogP contribution in [0.3, 0.4) is 0 Å². The molecule has 0 aliphatic carbocycles. The summed E-state index contributed by atoms with van der Waals surface area (Å²) in [6.45, 7) is 0.684. The van der Waals surface area contributed by atoms with Crippen LogP contribution in [0.15, 0.2) is 97.1 Å². The fourth-order valence-corrected chi connectivity index (χ4v) is 11.5. The number of esters is 2. The van der Waals surface area contributed by atoms with Gasteiger partial charge in [-0.3, -0.25) is 0 Å². The Bertz CT molecular complexity index is 3870. The molecule has 0 amide bonds. The van der Waals surface area contributed by atoms with Crippen LogP contribution < -0.4 is 37.9 Å². The number of phenolic OH excluding ortho intramolecular Hbond substituents is 4. The maximum absolute atomic E-state index is 12.2. The number of methoxy groups -OCH3 is 4. The van der Waals surface area contributed by atoms with Gasteiger partial charge in [-0.05, 0) is 141 Å². The first-order valence-corrected chi connectivity index (χ1v) is 34.4. The van der Waals surface area contributed by atoms with Gasteiger partial charge in [-0.15, -0.1) is 0 Å². The molecule has 21 N–H and O–H groups in total. The molecule has 3 heterocycles. The lowest BCUT2D eigenvalue weighted by molar-refractivity contribution is -0.277. The number of carbonyl (C=O) groups is 2. The summed E-state index contributed by atoms with van der Waals surface area (Å²) in [5.74, 6) is -3.35. The van der Waals surface area contributed by atoms with E-state index in [4.69, 9.17) is 67.1 Å². The molecule has 3 aliphatic heterocycles. The molecule has 9 rings (SSSR count). The van der Waals surface area contributed by atoms with Gasteiger partial charge in [-0.25, -0.2) is 9.59 Å². The van der Waals surface area contributed by atoms with Crippen LogP contribution in [0.1, 0.15) is 93.0 Å². The van der Waals surface area contributed by atoms with Gasteiger partial charge >= 0.3 is 11.9 Å². The van der Waals surface area contributed by atoms with E-state index < -0.39 is 171 Å². The smallest absolute Gasteiger partial charge is 0.341 e. The highest BCUT2D eigenvalue weighted by Crippen LogP contribution is 2.41. The van der Waals surface area contributed by atoms with Gasteiger partial charge in [0, 0.05) is 24.3 Å². The van der Waals surface area contributed by atoms with Crippen LogP contribution >= 0.6 is 0 Å². The van der Waals surface area contributed by atoms with E-state index in [-0.39, 0.29) is 72.1 Å². The van der Waals surface area contributed by atoms with E-state index in [1.54, 1.807) is 30.3 Å². The van der Waals surface area contributed by atoms with Gasteiger partial charge in [-0.1, -0.05) is 18.2 Å². The molecule has 3 fully saturated rings. The molecule has 0 radical (unpaired) electrons. The van der Waals surface area contributed by atoms with Crippen molar-refractivity contribution < 1.29 is 178 Å². The van der Waals surface area contributed by atoms with E-state index >= 15 is 0 Å². The molecular weight excluding hydrogens is 1460 g/mol. The summed E-state index contributed by atoms with van der Waals surface area (Å²) >= 11 is 0. The number of aryl methyl sites for hydroxylation is 2. The molecule has 0 saturated carbocycles. The zero-order valence-electron chi connectivity index (χ0n) is 60.5. The second-order valence-corrected chi connectivity index (χ2v) is 25.5. The van der Waals surface area contributed by atoms with E-state index in [1.807, 2.05) is 0 Å². The quantitative estimate of drug-likeness (QED) is 0.0182. The van der Waals surface area contributed by atoms with Crippen LogP contribution in [0.5, 0.6) is 69.0 Å². The zero-order chi connectivity index (χ0) is 81.0. The number of aromatic hydroxyl groups is 4. The van der Waals surface area contributed by atoms with Gasteiger partial charge < -0.3 is 169 Å². The minimum atomic E-state index is -1.78. The lowest BCUT2D eigenvalue weighted by atomic mass is 9.99. The highest BCUT2D eigenvalue weighted by Gasteiger charge is 2.47. The largest absolute Gasteiger partial charge is 0.507 e. The van der Waals surface area contributed by atoms with Crippen LogP contribution in [-0.2, 0) is 49.7 Å². The van der Waals surface area contributed by atoms with E-state index in [1.165, 1.54) is 77.6 Å². The van der Waals surface area contributed by atoms with Gasteiger partial charge in [0.15, 0.2) is 64.0 Å². The first kappa shape index (κ1) is 88.3. The Morgan fingerprint density at radius 2 is 0.918 bits per heavy atom. The van der Waals surface area contributed by atoms with Gasteiger partial charge in [0.25, 0.3) is 0 Å². The van der Waals surface area contributed by atoms with E-state index in [2.05, 4.69) is 4.74 Å². The maximum atomic E-state index is 12.2. The number of phenols is 4. The van der Waals surface area contributed by atoms with Crippen LogP contribution in [0.4, 0.5) is 0 Å². The lowest BCUT2D eigenvalue weighted by Gasteiger charge is -2.39. The Morgan fingerprint density at radius 3 is 1.40 bits per heavy atom. The number of benzene rings is 6. The van der Waals surface area contributed by atoms with Crippen molar-refractivity contribution in [2.75, 3.05) is 61.5 Å². The highest BCUT2D eigenvalue weighted by molar-refractivity contribution is 5.93. The van der Waals surface area contributed by atoms with Crippen molar-refractivity contribution in [1.82, 2.24) is 0 Å². The SMILES string of the molecule is COC(=O)c1cc(OC2OC(COC(=O)c3cc(O)c(O)c(O)c3)C(O)C(O)C2O)ccc1O.COc1cc(C(O)C(CO)Oc2c(CO)cc(CCCO)cc2OC)ccc1OC1OC(C)C(O)C(O)C1O.COc1cc(C(O)C(CO)Oc2ccc(CCCO)cc2CO)ccc1OC1OC(C)C(O)C(O)C1O. The molecule has 0 spiro atoms. The number of carbonyl (C=O) groups excluding carboxylic acids is 2. The standard InChI is InChI=1S/C27H38O12.C26H36O11.C21H22O13/c1-14-22(31)24(33)25(34)27(37-14)39-18-7-6-16(11-19(18)35-2)23(32)21(13-30)38-26-17(12-29)9-15(5-4-8-28)10-20(26)36-3;1-14-22(30)24(32)25(33)26(35-14)37-19-8-6-16(11-20(19)34-2)23(31)21(13-29)36-18-7-5-15(4-3-9-27)10-17(18)12-28;1-31-20(30)10-6-9(2-3-11(10)22)33-21-18(28)17(27)16(26)14(34-21)7-32-19(29)8-4-12(23)15(25)13(24)5-8/h6-7,9-11,14,21-25,27-34H,4-5,8,12-13H2,1-3H3;5-8,10-11,14,21-33H,3-4,9,12-13H2,1-2H3;2-6,14,16-18,21-28H,7H2,1H3. The zero-order valence-corrected chi connectivity index (χ0v) is 60.5. The molecule has 36 nitrogen and oxygen atoms in total. The Morgan fingerprint density at radius 1 is 0.445 bits per heavy atom. The van der Waals surface area contributed by atoms with Crippen LogP contribution in [0.25, 0.3) is 0 Å². The van der Waals surface area contributed by atoms with Crippen LogP contribution in [0.2, 0.25) is 0 Å². The molecular formula is C74H96O36. The van der Waals surface area contributed by atoms with Crippen LogP contribution in [-0.4, -0.2) is 285 Å². The van der Waals surface area contributed by atoms with Crippen LogP contribution in [0, 0.1) is 0 Å². The summed E-state index contributed by atoms with van der Waals surface area (Å²) in [5.41, 5.74) is 2.68. The summed E-state index contributed by atoms with van der Waals surface area (Å²) < 4.78 is 70.7. The normalized spacial score (nSPS) is 24.8. The highest BCUT2D eigenvalue weighted by atomic mass is 16.7. The van der Waals surface area contributed by atoms with Crippen molar-refractivity contribution in [3.63, 3.8) is 0 Å². The summed E-state index contributed by atoms with van der Waals surface area (Å²) in [5, 5.41) is 209. The van der Waals surface area contributed by atoms with Crippen molar-refractivity contribution in [2.24, 2.45) is 0 Å². The summed E-state index contributed by atoms with van der Waals surface area (Å²) in [6.07, 6.45) is -23.4. The number of hydrogen-bond acceptors (Lipinski definition) is 36. The van der Waals surface area contributed by atoms with Crippen molar-refractivity contribution in [3.8, 4) is 69.0 Å². The molecule has 0 aromatic heterocycles. The minimum absolute atomic E-state index is 0.0135. The number of aliphatic hydroxyl groups is 17. The summed E-state index contributed by atoms with van der Waals surface area (Å²) in [7, 11) is 5.28. The van der Waals surface area contributed by atoms with E-state index in [9.17, 15) is 107 Å². The lowest BCUT2D eigenvalue weighted by Crippen LogP contribution is -2.60. The van der Waals surface area contributed by atoms with Crippen molar-refractivity contribution in [1.29, 1.82) is 0 Å². The monoisotopic (exact) mass is 1560 g/mol. The van der Waals surface area contributed by atoms with Gasteiger partial charge in [-0.2, -0.15) is 0 Å². The Hall–Kier alpha value is -8.94. The van der Waals surface area contributed by atoms with E-state index in [0.717, 1.165) is 42.5 Å². The Balaban J connectivity index is 0.000000230. The molecule has 36 heteroatoms. The average Bonchev–Trinajstić information content (AvgIpc) is 0.809. The van der Waals surface area contributed by atoms with Crippen molar-refractivity contribution >= 4 is 11.9 Å². The third-order valence-corrected chi connectivity index (χ3v) is 17.9. The minimum Gasteiger partial charge on any atom is -0.507 e. The summed E-state index contributed by atoms with van der Waals surface area (Å²) in [6, 6.07) is 22.6. The molecule has 110 heavy (non-hydrogen) atoms. The fraction of sp³-hybridized carbons (Fsp3) is 0.486. The molecule has 19 atom stereocenters. The third-order valence-electron chi connectivity index (χ3n) is 17.9. The van der Waals surface area contributed by atoms with Gasteiger partial charge in [0.1, 0.15) is 103 Å². The Kier molecular flexibility index (Phi) is 33.2. The topological polar surface area (TPSA) is 579 Å². The molecule has 6 aromatic carbocycles. The molecule has 3 aliphatic rings. The van der Waals surface area contributed by atoms with E-state index in [0.29, 0.717) is 59.4 Å². The second kappa shape index (κ2) is 41.4. The molecule has 3 saturated heterocycles. The maximum Gasteiger partial charge on any atom is 0.341 e. The second-order valence-electron chi connectivity index (χ2n) is 25.5. The molecule has 608 valence electrons. The predicted molar refractivity (Wildman–Crippen MR) is 375 cm³/mol. The molecule has 19 unspecified atom stereocenters. The number of hydrogen-bond donors (Lipinski definition) is 21. The average molecular weight is 1560 g/mol. The van der Waals surface area contributed by atoms with Crippen molar-refractivity contribution in [3.05, 3.63) is 142 Å². The van der Waals surface area contributed by atoms with Gasteiger partial charge in [0.05, 0.1) is 72.6 Å². The number of rotatable bonds is 31. The number of ether oxygens (including phenoxy) is 13. The number of aliphatic hydroxyl groups excluding tert-OH is 17. The molecule has 6 aromatic rings.